The highest BCUT2D eigenvalue weighted by atomic mass is 32.2. The topological polar surface area (TPSA) is 155 Å². The van der Waals surface area contributed by atoms with Gasteiger partial charge in [-0.2, -0.15) is 18.3 Å². The molecule has 4 rings (SSSR count). The van der Waals surface area contributed by atoms with Crippen molar-refractivity contribution in [1.29, 1.82) is 0 Å². The third-order valence-corrected chi connectivity index (χ3v) is 7.43. The largest absolute Gasteiger partial charge is 0.569 e. The first-order valence-corrected chi connectivity index (χ1v) is 14.6. The molecular formula is C26H26F3N5O8S. The lowest BCUT2D eigenvalue weighted by molar-refractivity contribution is -0.712. The molecule has 0 N–H and O–H groups in total. The fourth-order valence-electron chi connectivity index (χ4n) is 4.20. The third-order valence-electron chi connectivity index (χ3n) is 6.30. The maximum absolute atomic E-state index is 13.5. The Bertz CT molecular complexity index is 1610. The molecule has 0 saturated carbocycles. The number of hydrogen-bond acceptors (Lipinski definition) is 10. The van der Waals surface area contributed by atoms with Crippen LogP contribution in [0.25, 0.3) is 16.9 Å². The number of carbonyl (C=O) groups excluding carboxylic acids is 2. The number of halogens is 3. The number of alkyl halides is 3. The van der Waals surface area contributed by atoms with Crippen LogP contribution >= 0.6 is 0 Å². The number of sulfone groups is 1. The van der Waals surface area contributed by atoms with Crippen molar-refractivity contribution in [2.45, 2.75) is 43.5 Å². The van der Waals surface area contributed by atoms with Gasteiger partial charge in [0.2, 0.25) is 5.28 Å². The summed E-state index contributed by atoms with van der Waals surface area (Å²) in [5.41, 5.74) is 0.0664. The average molecular weight is 626 g/mol. The zero-order valence-electron chi connectivity index (χ0n) is 22.9. The minimum atomic E-state index is -4.73. The van der Waals surface area contributed by atoms with Crippen LogP contribution in [0.5, 0.6) is 0 Å². The van der Waals surface area contributed by atoms with Crippen molar-refractivity contribution < 1.29 is 50.5 Å². The van der Waals surface area contributed by atoms with Gasteiger partial charge < -0.3 is 19.5 Å². The summed E-state index contributed by atoms with van der Waals surface area (Å²) in [6.45, 7) is 0.618. The molecule has 0 aliphatic carbocycles. The van der Waals surface area contributed by atoms with E-state index in [0.29, 0.717) is 24.0 Å². The maximum Gasteiger partial charge on any atom is 0.435 e. The predicted octanol–water partition coefficient (Wildman–Crippen LogP) is 3.80. The van der Waals surface area contributed by atoms with Crippen LogP contribution in [0.2, 0.25) is 0 Å². The molecule has 2 heterocycles. The molecule has 0 bridgehead atoms. The second-order valence-electron chi connectivity index (χ2n) is 9.43. The van der Waals surface area contributed by atoms with Crippen LogP contribution in [-0.2, 0) is 46.5 Å². The zero-order valence-corrected chi connectivity index (χ0v) is 23.7. The monoisotopic (exact) mass is 625 g/mol. The standard InChI is InChI=1S/C26H26F3N5O8S/c1-17(35)41-16-42-31-34(37)32-13-3-4-22(32)25(36)40-15-18-5-7-19(8-6-18)23-14-24(26(27,28)29)30-33(23)20-9-11-21(12-10-20)43(2,38)39/h5-12,14,22H,3-4,13,15-16H2,1-2H3/b34-31-/t22-/m0/s1. The molecule has 43 heavy (non-hydrogen) atoms. The fourth-order valence-corrected chi connectivity index (χ4v) is 4.83. The molecule has 1 aromatic heterocycles. The molecule has 0 amide bonds. The van der Waals surface area contributed by atoms with Crippen molar-refractivity contribution in [1.82, 2.24) is 14.8 Å². The number of hydrogen-bond donors (Lipinski definition) is 0. The Kier molecular flexibility index (Phi) is 9.22. The van der Waals surface area contributed by atoms with E-state index in [1.165, 1.54) is 36.4 Å². The Morgan fingerprint density at radius 3 is 2.40 bits per heavy atom. The summed E-state index contributed by atoms with van der Waals surface area (Å²) in [6, 6.07) is 11.4. The molecule has 1 fully saturated rings. The first-order valence-electron chi connectivity index (χ1n) is 12.7. The number of hydrazine groups is 1. The van der Waals surface area contributed by atoms with Crippen LogP contribution in [0.4, 0.5) is 13.2 Å². The molecule has 1 atom stereocenters. The van der Waals surface area contributed by atoms with Crippen molar-refractivity contribution in [3.63, 3.8) is 0 Å². The van der Waals surface area contributed by atoms with Gasteiger partial charge in [0.25, 0.3) is 6.79 Å². The second-order valence-corrected chi connectivity index (χ2v) is 11.4. The van der Waals surface area contributed by atoms with Crippen LogP contribution in [-0.4, -0.2) is 65.8 Å². The van der Waals surface area contributed by atoms with Crippen LogP contribution in [0.15, 0.2) is 64.8 Å². The summed E-state index contributed by atoms with van der Waals surface area (Å²) in [5.74, 6) is -1.32. The zero-order chi connectivity index (χ0) is 31.4. The molecule has 3 aromatic rings. The number of nitrogens with zero attached hydrogens (tertiary/aromatic N) is 5. The highest BCUT2D eigenvalue weighted by Gasteiger charge is 2.38. The quantitative estimate of drug-likeness (QED) is 0.0811. The van der Waals surface area contributed by atoms with E-state index in [1.54, 1.807) is 12.1 Å². The van der Waals surface area contributed by atoms with Crippen LogP contribution in [0, 0.1) is 5.21 Å². The Labute approximate surface area is 243 Å². The van der Waals surface area contributed by atoms with Crippen molar-refractivity contribution in [3.05, 3.63) is 71.1 Å². The Morgan fingerprint density at radius 1 is 1.12 bits per heavy atom. The van der Waals surface area contributed by atoms with Gasteiger partial charge in [-0.3, -0.25) is 4.79 Å². The summed E-state index contributed by atoms with van der Waals surface area (Å²) >= 11 is 0. The van der Waals surface area contributed by atoms with E-state index >= 15 is 0 Å². The number of ether oxygens (including phenoxy) is 2. The highest BCUT2D eigenvalue weighted by molar-refractivity contribution is 7.90. The molecule has 1 saturated heterocycles. The van der Waals surface area contributed by atoms with Crippen LogP contribution in [0.1, 0.15) is 31.0 Å². The van der Waals surface area contributed by atoms with Crippen molar-refractivity contribution in [2.75, 3.05) is 19.6 Å². The van der Waals surface area contributed by atoms with E-state index in [9.17, 15) is 36.4 Å². The van der Waals surface area contributed by atoms with Crippen molar-refractivity contribution >= 4 is 21.8 Å². The predicted molar refractivity (Wildman–Crippen MR) is 140 cm³/mol. The van der Waals surface area contributed by atoms with Gasteiger partial charge in [-0.05, 0) is 48.7 Å². The minimum Gasteiger partial charge on any atom is -0.569 e. The SMILES string of the molecule is CC(=O)OCO/N=[N+](\[O-])N1CCC[C@H]1C(=O)OCc1ccc(-c2cc(C(F)(F)F)nn2-c2ccc(S(C)(=O)=O)cc2)cc1. The van der Waals surface area contributed by atoms with Gasteiger partial charge in [0.15, 0.2) is 21.6 Å². The van der Waals surface area contributed by atoms with Gasteiger partial charge in [-0.15, -0.1) is 5.01 Å². The first kappa shape index (κ1) is 31.3. The highest BCUT2D eigenvalue weighted by Crippen LogP contribution is 2.33. The molecule has 0 radical (unpaired) electrons. The first-order chi connectivity index (χ1) is 20.2. The maximum atomic E-state index is 13.5. The van der Waals surface area contributed by atoms with Gasteiger partial charge in [0.1, 0.15) is 6.61 Å². The smallest absolute Gasteiger partial charge is 0.435 e. The van der Waals surface area contributed by atoms with Crippen molar-refractivity contribution in [3.8, 4) is 16.9 Å². The van der Waals surface area contributed by atoms with E-state index in [4.69, 9.17) is 4.74 Å². The molecule has 1 aliphatic heterocycles. The molecule has 0 spiro atoms. The van der Waals surface area contributed by atoms with Gasteiger partial charge in [0.05, 0.1) is 27.8 Å². The summed E-state index contributed by atoms with van der Waals surface area (Å²) in [4.78, 5) is 28.1. The van der Waals surface area contributed by atoms with E-state index in [-0.39, 0.29) is 34.4 Å². The summed E-state index contributed by atoms with van der Waals surface area (Å²) in [7, 11) is -3.51. The summed E-state index contributed by atoms with van der Waals surface area (Å²) < 4.78 is 75.1. The molecular weight excluding hydrogens is 599 g/mol. The lowest BCUT2D eigenvalue weighted by Gasteiger charge is -2.18. The molecule has 1 aliphatic rings. The molecule has 230 valence electrons. The fraction of sp³-hybridized carbons (Fsp3) is 0.346. The Balaban J connectivity index is 1.46. The van der Waals surface area contributed by atoms with E-state index in [2.05, 4.69) is 20.0 Å². The molecule has 0 unspecified atom stereocenters. The van der Waals surface area contributed by atoms with E-state index in [0.717, 1.165) is 28.9 Å². The lowest BCUT2D eigenvalue weighted by Crippen LogP contribution is -2.41. The Hall–Kier alpha value is -4.67. The number of aromatic nitrogens is 2. The van der Waals surface area contributed by atoms with Crippen molar-refractivity contribution in [2.24, 2.45) is 5.28 Å². The second kappa shape index (κ2) is 12.7. The van der Waals surface area contributed by atoms with E-state index < -0.39 is 46.5 Å². The number of carbonyl (C=O) groups is 2. The Morgan fingerprint density at radius 2 is 1.79 bits per heavy atom. The normalized spacial score (nSPS) is 15.8. The number of rotatable bonds is 10. The average Bonchev–Trinajstić information content (AvgIpc) is 3.62. The molecule has 13 nitrogen and oxygen atoms in total. The summed E-state index contributed by atoms with van der Waals surface area (Å²) in [5, 5.41) is 20.2. The summed E-state index contributed by atoms with van der Waals surface area (Å²) in [6.07, 6.45) is -2.87. The molecule has 2 aromatic carbocycles. The van der Waals surface area contributed by atoms with Gasteiger partial charge >= 0.3 is 18.1 Å². The molecule has 17 heteroatoms. The third kappa shape index (κ3) is 7.79. The number of esters is 2. The van der Waals surface area contributed by atoms with Gasteiger partial charge in [-0.25, -0.2) is 17.9 Å². The van der Waals surface area contributed by atoms with Crippen LogP contribution in [0.3, 0.4) is 0 Å². The van der Waals surface area contributed by atoms with E-state index in [1.807, 2.05) is 0 Å². The van der Waals surface area contributed by atoms with Gasteiger partial charge in [-0.1, -0.05) is 24.3 Å². The van der Waals surface area contributed by atoms with Gasteiger partial charge in [0, 0.05) is 18.7 Å². The lowest BCUT2D eigenvalue weighted by atomic mass is 10.1. The minimum absolute atomic E-state index is 0.00516. The number of benzene rings is 2. The van der Waals surface area contributed by atoms with Crippen LogP contribution < -0.4 is 0 Å².